The summed E-state index contributed by atoms with van der Waals surface area (Å²) in [6.45, 7) is 1.68. The van der Waals surface area contributed by atoms with Gasteiger partial charge >= 0.3 is 6.18 Å². The van der Waals surface area contributed by atoms with E-state index < -0.39 is 17.6 Å². The first-order valence-electron chi connectivity index (χ1n) is 12.7. The summed E-state index contributed by atoms with van der Waals surface area (Å²) in [7, 11) is 1.76. The van der Waals surface area contributed by atoms with Crippen LogP contribution in [0.1, 0.15) is 57.7 Å². The van der Waals surface area contributed by atoms with Gasteiger partial charge in [0, 0.05) is 24.7 Å². The number of hydrogen-bond donors (Lipinski definition) is 2. The number of nitrogens with one attached hydrogen (secondary N) is 1. The Morgan fingerprint density at radius 3 is 2.48 bits per heavy atom. The summed E-state index contributed by atoms with van der Waals surface area (Å²) in [4.78, 5) is 29.4. The van der Waals surface area contributed by atoms with Crippen LogP contribution in [0.3, 0.4) is 0 Å². The third-order valence-electron chi connectivity index (χ3n) is 7.83. The van der Waals surface area contributed by atoms with Crippen molar-refractivity contribution in [1.29, 1.82) is 0 Å². The van der Waals surface area contributed by atoms with Crippen molar-refractivity contribution in [1.82, 2.24) is 29.9 Å². The van der Waals surface area contributed by atoms with Gasteiger partial charge in [0.2, 0.25) is 5.88 Å². The summed E-state index contributed by atoms with van der Waals surface area (Å²) < 4.78 is 47.6. The van der Waals surface area contributed by atoms with E-state index in [1.54, 1.807) is 30.9 Å². The molecule has 208 valence electrons. The van der Waals surface area contributed by atoms with E-state index in [1.165, 1.54) is 23.0 Å². The molecular formula is C27H26F3N7O3. The van der Waals surface area contributed by atoms with Gasteiger partial charge in [-0.2, -0.15) is 28.4 Å². The van der Waals surface area contributed by atoms with Crippen LogP contribution >= 0.6 is 0 Å². The molecule has 6 rings (SSSR count). The SMILES string of the molecule is Cc1nn(-c2ccc(C(F)(F)F)cc2)cc1C(=O)NC1CC2(C1)CC(Oc1nc3c(cnn3C)cc1C(N)=O)C2. The van der Waals surface area contributed by atoms with Crippen LogP contribution in [-0.4, -0.2) is 48.5 Å². The Kier molecular flexibility index (Phi) is 5.86. The van der Waals surface area contributed by atoms with Gasteiger partial charge in [-0.1, -0.05) is 0 Å². The molecule has 10 nitrogen and oxygen atoms in total. The Morgan fingerprint density at radius 1 is 1.12 bits per heavy atom. The van der Waals surface area contributed by atoms with Crippen LogP contribution in [0.15, 0.2) is 42.7 Å². The topological polar surface area (TPSA) is 130 Å². The monoisotopic (exact) mass is 553 g/mol. The van der Waals surface area contributed by atoms with E-state index >= 15 is 0 Å². The molecule has 13 heteroatoms. The van der Waals surface area contributed by atoms with E-state index in [-0.39, 0.29) is 34.9 Å². The molecule has 0 radical (unpaired) electrons. The lowest BCUT2D eigenvalue weighted by molar-refractivity contribution is -0.137. The van der Waals surface area contributed by atoms with Gasteiger partial charge in [0.25, 0.3) is 11.8 Å². The molecule has 3 heterocycles. The van der Waals surface area contributed by atoms with Crippen LogP contribution in [0.5, 0.6) is 5.88 Å². The van der Waals surface area contributed by atoms with Gasteiger partial charge in [0.15, 0.2) is 5.65 Å². The number of carbonyl (C=O) groups is 2. The lowest BCUT2D eigenvalue weighted by Gasteiger charge is -2.57. The first-order chi connectivity index (χ1) is 18.9. The lowest BCUT2D eigenvalue weighted by Crippen LogP contribution is -2.58. The molecule has 3 N–H and O–H groups in total. The molecule has 0 bridgehead atoms. The number of ether oxygens (including phenoxy) is 1. The van der Waals surface area contributed by atoms with Gasteiger partial charge in [0.1, 0.15) is 11.7 Å². The van der Waals surface area contributed by atoms with Crippen LogP contribution in [0.25, 0.3) is 16.7 Å². The molecule has 2 aliphatic carbocycles. The number of nitrogens with zero attached hydrogens (tertiary/aromatic N) is 5. The second-order valence-electron chi connectivity index (χ2n) is 10.7. The zero-order valence-corrected chi connectivity index (χ0v) is 21.7. The Balaban J connectivity index is 1.05. The standard InChI is InChI=1S/C27H26F3N7O3/c1-14-21(13-37(35-14)18-5-3-16(4-6-18)27(28,29)30)24(39)33-17-8-26(9-17)10-19(11-26)40-25-20(22(31)38)7-15-12-32-36(2)23(15)34-25/h3-7,12-13,17,19H,8-11H2,1-2H3,(H2,31,38)(H,33,39). The molecule has 3 aromatic heterocycles. The summed E-state index contributed by atoms with van der Waals surface area (Å²) in [5.41, 5.74) is 6.94. The van der Waals surface area contributed by atoms with Crippen molar-refractivity contribution in [2.24, 2.45) is 18.2 Å². The summed E-state index contributed by atoms with van der Waals surface area (Å²) in [5, 5.41) is 12.2. The number of hydrogen-bond acceptors (Lipinski definition) is 6. The Bertz CT molecular complexity index is 1630. The summed E-state index contributed by atoms with van der Waals surface area (Å²) in [6.07, 6.45) is 1.73. The number of nitrogens with two attached hydrogens (primary N) is 1. The maximum absolute atomic E-state index is 12.9. The highest BCUT2D eigenvalue weighted by Gasteiger charge is 2.54. The molecule has 2 saturated carbocycles. The molecule has 1 spiro atoms. The molecule has 1 aromatic carbocycles. The second kappa shape index (κ2) is 9.07. The number of pyridine rings is 1. The van der Waals surface area contributed by atoms with Crippen LogP contribution < -0.4 is 15.8 Å². The highest BCUT2D eigenvalue weighted by Crippen LogP contribution is 2.57. The fourth-order valence-corrected chi connectivity index (χ4v) is 5.78. The number of alkyl halides is 3. The van der Waals surface area contributed by atoms with Gasteiger partial charge < -0.3 is 15.8 Å². The molecule has 0 saturated heterocycles. The first-order valence-corrected chi connectivity index (χ1v) is 12.7. The van der Waals surface area contributed by atoms with E-state index in [2.05, 4.69) is 20.5 Å². The molecule has 2 aliphatic rings. The van der Waals surface area contributed by atoms with E-state index in [1.807, 2.05) is 0 Å². The number of amides is 2. The van der Waals surface area contributed by atoms with Crippen molar-refractivity contribution in [2.45, 2.75) is 50.9 Å². The highest BCUT2D eigenvalue weighted by atomic mass is 19.4. The van der Waals surface area contributed by atoms with E-state index in [9.17, 15) is 22.8 Å². The minimum atomic E-state index is -4.42. The van der Waals surface area contributed by atoms with Crippen LogP contribution in [0.4, 0.5) is 13.2 Å². The normalized spacial score (nSPS) is 22.1. The van der Waals surface area contributed by atoms with Crippen molar-refractivity contribution < 1.29 is 27.5 Å². The zero-order valence-electron chi connectivity index (χ0n) is 21.7. The highest BCUT2D eigenvalue weighted by molar-refractivity contribution is 5.98. The number of carbonyl (C=O) groups excluding carboxylic acids is 2. The fourth-order valence-electron chi connectivity index (χ4n) is 5.78. The van der Waals surface area contributed by atoms with Gasteiger partial charge in [-0.15, -0.1) is 0 Å². The molecule has 2 amide bonds. The van der Waals surface area contributed by atoms with E-state index in [0.29, 0.717) is 28.0 Å². The third kappa shape index (κ3) is 4.54. The lowest BCUT2D eigenvalue weighted by atomic mass is 9.53. The number of primary amides is 1. The van der Waals surface area contributed by atoms with E-state index in [4.69, 9.17) is 10.5 Å². The average molecular weight is 554 g/mol. The minimum Gasteiger partial charge on any atom is -0.474 e. The number of aromatic nitrogens is 5. The molecule has 4 aromatic rings. The average Bonchev–Trinajstić information content (AvgIpc) is 3.42. The number of halogens is 3. The molecule has 0 atom stereocenters. The maximum Gasteiger partial charge on any atom is 0.416 e. The predicted molar refractivity (Wildman–Crippen MR) is 137 cm³/mol. The van der Waals surface area contributed by atoms with Gasteiger partial charge in [-0.05, 0) is 68.4 Å². The Labute approximate surface area is 226 Å². The van der Waals surface area contributed by atoms with Gasteiger partial charge in [-0.3, -0.25) is 14.3 Å². The van der Waals surface area contributed by atoms with Crippen LogP contribution in [0.2, 0.25) is 0 Å². The van der Waals surface area contributed by atoms with Crippen molar-refractivity contribution in [3.05, 3.63) is 65.1 Å². The molecule has 0 aliphatic heterocycles. The minimum absolute atomic E-state index is 0.00707. The van der Waals surface area contributed by atoms with Gasteiger partial charge in [-0.25, -0.2) is 4.68 Å². The van der Waals surface area contributed by atoms with Crippen LogP contribution in [-0.2, 0) is 13.2 Å². The Hall–Kier alpha value is -4.42. The molecule has 40 heavy (non-hydrogen) atoms. The van der Waals surface area contributed by atoms with Crippen molar-refractivity contribution in [3.8, 4) is 11.6 Å². The quantitative estimate of drug-likeness (QED) is 0.375. The van der Waals surface area contributed by atoms with Gasteiger partial charge in [0.05, 0.1) is 28.7 Å². The Morgan fingerprint density at radius 2 is 1.82 bits per heavy atom. The van der Waals surface area contributed by atoms with Crippen molar-refractivity contribution in [3.63, 3.8) is 0 Å². The summed E-state index contributed by atoms with van der Waals surface area (Å²) in [6, 6.07) is 6.23. The molecule has 2 fully saturated rings. The number of benzene rings is 1. The van der Waals surface area contributed by atoms with Crippen molar-refractivity contribution >= 4 is 22.8 Å². The third-order valence-corrected chi connectivity index (χ3v) is 7.83. The molecular weight excluding hydrogens is 527 g/mol. The second-order valence-corrected chi connectivity index (χ2v) is 10.7. The maximum atomic E-state index is 12.9. The molecule has 0 unspecified atom stereocenters. The summed E-state index contributed by atoms with van der Waals surface area (Å²) >= 11 is 0. The van der Waals surface area contributed by atoms with E-state index in [0.717, 1.165) is 37.8 Å². The number of rotatable bonds is 6. The first kappa shape index (κ1) is 25.8. The zero-order chi connectivity index (χ0) is 28.4. The van der Waals surface area contributed by atoms with Crippen molar-refractivity contribution in [2.75, 3.05) is 0 Å². The largest absolute Gasteiger partial charge is 0.474 e. The fraction of sp³-hybridized carbons (Fsp3) is 0.370. The summed E-state index contributed by atoms with van der Waals surface area (Å²) in [5.74, 6) is -0.693. The smallest absolute Gasteiger partial charge is 0.416 e. The predicted octanol–water partition coefficient (Wildman–Crippen LogP) is 3.70. The number of aryl methyl sites for hydroxylation is 2. The van der Waals surface area contributed by atoms with Crippen LogP contribution in [0, 0.1) is 12.3 Å². The number of fused-ring (bicyclic) bond motifs is 1.